The van der Waals surface area contributed by atoms with Gasteiger partial charge in [0.15, 0.2) is 0 Å². The lowest BCUT2D eigenvalue weighted by atomic mass is 10.1. The largest absolute Gasteiger partial charge is 0.478 e. The smallest absolute Gasteiger partial charge is 0.417 e. The average Bonchev–Trinajstić information content (AvgIpc) is 2.36. The van der Waals surface area contributed by atoms with Crippen molar-refractivity contribution in [1.82, 2.24) is 4.90 Å². The standard InChI is InChI=1S/C14H19F3N2O2/c1-19(2)8-4-3-7-18-10-5-6-12(14(15,16)17)11(9-10)13(20)21/h5-6,9,18H,3-4,7-8H2,1-2H3,(H,20,21). The molecule has 1 aromatic rings. The fourth-order valence-corrected chi connectivity index (χ4v) is 1.86. The quantitative estimate of drug-likeness (QED) is 0.760. The zero-order chi connectivity index (χ0) is 16.0. The Bertz CT molecular complexity index is 488. The molecule has 0 saturated heterocycles. The third-order valence-corrected chi connectivity index (χ3v) is 2.92. The third kappa shape index (κ3) is 5.63. The van der Waals surface area contributed by atoms with Crippen molar-refractivity contribution in [3.63, 3.8) is 0 Å². The summed E-state index contributed by atoms with van der Waals surface area (Å²) in [5, 5.41) is 11.8. The maximum absolute atomic E-state index is 12.7. The van der Waals surface area contributed by atoms with E-state index >= 15 is 0 Å². The molecule has 21 heavy (non-hydrogen) atoms. The molecule has 0 aliphatic carbocycles. The van der Waals surface area contributed by atoms with Crippen LogP contribution >= 0.6 is 0 Å². The number of anilines is 1. The molecule has 0 unspecified atom stereocenters. The second-order valence-corrected chi connectivity index (χ2v) is 5.00. The zero-order valence-electron chi connectivity index (χ0n) is 12.0. The number of alkyl halides is 3. The van der Waals surface area contributed by atoms with Gasteiger partial charge in [-0.1, -0.05) is 0 Å². The van der Waals surface area contributed by atoms with Gasteiger partial charge in [-0.25, -0.2) is 4.79 Å². The van der Waals surface area contributed by atoms with E-state index in [2.05, 4.69) is 5.32 Å². The molecule has 4 nitrogen and oxygen atoms in total. The van der Waals surface area contributed by atoms with Crippen LogP contribution in [0.15, 0.2) is 18.2 Å². The highest BCUT2D eigenvalue weighted by Gasteiger charge is 2.35. The molecule has 7 heteroatoms. The number of carboxylic acids is 1. The second-order valence-electron chi connectivity index (χ2n) is 5.00. The van der Waals surface area contributed by atoms with Gasteiger partial charge in [0.2, 0.25) is 0 Å². The minimum atomic E-state index is -4.67. The molecule has 0 aliphatic heterocycles. The van der Waals surface area contributed by atoms with E-state index in [1.54, 1.807) is 0 Å². The van der Waals surface area contributed by atoms with Crippen molar-refractivity contribution >= 4 is 11.7 Å². The van der Waals surface area contributed by atoms with E-state index in [9.17, 15) is 18.0 Å². The highest BCUT2D eigenvalue weighted by atomic mass is 19.4. The van der Waals surface area contributed by atoms with Gasteiger partial charge in [0.1, 0.15) is 0 Å². The molecule has 1 rings (SSSR count). The van der Waals surface area contributed by atoms with E-state index in [1.165, 1.54) is 6.07 Å². The van der Waals surface area contributed by atoms with Gasteiger partial charge in [0.05, 0.1) is 11.1 Å². The van der Waals surface area contributed by atoms with Crippen LogP contribution in [0.2, 0.25) is 0 Å². The van der Waals surface area contributed by atoms with Gasteiger partial charge in [-0.3, -0.25) is 0 Å². The van der Waals surface area contributed by atoms with E-state index in [0.29, 0.717) is 12.2 Å². The van der Waals surface area contributed by atoms with Gasteiger partial charge >= 0.3 is 12.1 Å². The summed E-state index contributed by atoms with van der Waals surface area (Å²) in [4.78, 5) is 13.0. The van der Waals surface area contributed by atoms with Crippen LogP contribution in [0.1, 0.15) is 28.8 Å². The fourth-order valence-electron chi connectivity index (χ4n) is 1.86. The summed E-state index contributed by atoms with van der Waals surface area (Å²) in [7, 11) is 3.92. The molecule has 0 bridgehead atoms. The van der Waals surface area contributed by atoms with E-state index < -0.39 is 23.3 Å². The van der Waals surface area contributed by atoms with Gasteiger partial charge in [-0.15, -0.1) is 0 Å². The lowest BCUT2D eigenvalue weighted by molar-refractivity contribution is -0.138. The van der Waals surface area contributed by atoms with Crippen LogP contribution in [-0.4, -0.2) is 43.2 Å². The molecule has 0 atom stereocenters. The Hall–Kier alpha value is -1.76. The number of nitrogens with zero attached hydrogens (tertiary/aromatic N) is 1. The number of benzene rings is 1. The Balaban J connectivity index is 2.69. The first kappa shape index (κ1) is 17.3. The Morgan fingerprint density at radius 3 is 2.48 bits per heavy atom. The van der Waals surface area contributed by atoms with Crippen LogP contribution in [0.4, 0.5) is 18.9 Å². The number of aromatic carboxylic acids is 1. The first-order chi connectivity index (χ1) is 9.71. The van der Waals surface area contributed by atoms with Crippen molar-refractivity contribution in [3.8, 4) is 0 Å². The molecular formula is C14H19F3N2O2. The molecule has 0 saturated carbocycles. The maximum atomic E-state index is 12.7. The summed E-state index contributed by atoms with van der Waals surface area (Å²) in [5.74, 6) is -1.58. The number of halogens is 3. The van der Waals surface area contributed by atoms with Crippen LogP contribution in [0, 0.1) is 0 Å². The molecule has 2 N–H and O–H groups in total. The topological polar surface area (TPSA) is 52.6 Å². The molecule has 0 spiro atoms. The van der Waals surface area contributed by atoms with Crippen molar-refractivity contribution < 1.29 is 23.1 Å². The Morgan fingerprint density at radius 1 is 1.29 bits per heavy atom. The van der Waals surface area contributed by atoms with E-state index in [0.717, 1.165) is 31.5 Å². The van der Waals surface area contributed by atoms with Crippen molar-refractivity contribution in [2.75, 3.05) is 32.5 Å². The first-order valence-electron chi connectivity index (χ1n) is 6.55. The number of carboxylic acid groups (broad SMARTS) is 1. The minimum Gasteiger partial charge on any atom is -0.478 e. The Labute approximate surface area is 121 Å². The number of unbranched alkanes of at least 4 members (excludes halogenated alkanes) is 1. The van der Waals surface area contributed by atoms with Crippen LogP contribution in [0.5, 0.6) is 0 Å². The zero-order valence-corrected chi connectivity index (χ0v) is 12.0. The van der Waals surface area contributed by atoms with Crippen molar-refractivity contribution in [3.05, 3.63) is 29.3 Å². The molecule has 0 heterocycles. The van der Waals surface area contributed by atoms with Crippen LogP contribution < -0.4 is 5.32 Å². The number of nitrogens with one attached hydrogen (secondary N) is 1. The molecule has 0 aromatic heterocycles. The molecule has 0 amide bonds. The third-order valence-electron chi connectivity index (χ3n) is 2.92. The lowest BCUT2D eigenvalue weighted by Crippen LogP contribution is -2.15. The van der Waals surface area contributed by atoms with E-state index in [1.807, 2.05) is 19.0 Å². The predicted molar refractivity (Wildman–Crippen MR) is 74.7 cm³/mol. The SMILES string of the molecule is CN(C)CCCCNc1ccc(C(F)(F)F)c(C(=O)O)c1. The minimum absolute atomic E-state index is 0.380. The Morgan fingerprint density at radius 2 is 1.95 bits per heavy atom. The first-order valence-corrected chi connectivity index (χ1v) is 6.55. The van der Waals surface area contributed by atoms with Crippen LogP contribution in [0.3, 0.4) is 0 Å². The number of hydrogen-bond acceptors (Lipinski definition) is 3. The summed E-state index contributed by atoms with van der Waals surface area (Å²) in [6.07, 6.45) is -2.87. The molecule has 0 aliphatic rings. The number of rotatable bonds is 7. The Kier molecular flexibility index (Phi) is 6.02. The van der Waals surface area contributed by atoms with Gasteiger partial charge in [-0.05, 0) is 51.7 Å². The van der Waals surface area contributed by atoms with Crippen LogP contribution in [-0.2, 0) is 6.18 Å². The second kappa shape index (κ2) is 7.31. The molecule has 0 radical (unpaired) electrons. The van der Waals surface area contributed by atoms with Crippen molar-refractivity contribution in [2.45, 2.75) is 19.0 Å². The normalized spacial score (nSPS) is 11.7. The van der Waals surface area contributed by atoms with Crippen molar-refractivity contribution in [2.24, 2.45) is 0 Å². The highest BCUT2D eigenvalue weighted by Crippen LogP contribution is 2.33. The van der Waals surface area contributed by atoms with Gasteiger partial charge in [0, 0.05) is 12.2 Å². The summed E-state index contributed by atoms with van der Waals surface area (Å²) in [5.41, 5.74) is -1.49. The average molecular weight is 304 g/mol. The number of hydrogen-bond donors (Lipinski definition) is 2. The van der Waals surface area contributed by atoms with Crippen LogP contribution in [0.25, 0.3) is 0 Å². The van der Waals surface area contributed by atoms with E-state index in [4.69, 9.17) is 5.11 Å². The summed E-state index contributed by atoms with van der Waals surface area (Å²) < 4.78 is 38.0. The molecule has 1 aromatic carbocycles. The fraction of sp³-hybridized carbons (Fsp3) is 0.500. The van der Waals surface area contributed by atoms with Gasteiger partial charge < -0.3 is 15.3 Å². The monoisotopic (exact) mass is 304 g/mol. The molecular weight excluding hydrogens is 285 g/mol. The molecule has 118 valence electrons. The van der Waals surface area contributed by atoms with E-state index in [-0.39, 0.29) is 0 Å². The maximum Gasteiger partial charge on any atom is 0.417 e. The summed E-state index contributed by atoms with van der Waals surface area (Å²) in [6, 6.07) is 3.07. The predicted octanol–water partition coefficient (Wildman–Crippen LogP) is 3.16. The van der Waals surface area contributed by atoms with Gasteiger partial charge in [0.25, 0.3) is 0 Å². The highest BCUT2D eigenvalue weighted by molar-refractivity contribution is 5.91. The van der Waals surface area contributed by atoms with Crippen molar-refractivity contribution in [1.29, 1.82) is 0 Å². The summed E-state index contributed by atoms with van der Waals surface area (Å²) in [6.45, 7) is 1.51. The summed E-state index contributed by atoms with van der Waals surface area (Å²) >= 11 is 0. The molecule has 0 fully saturated rings. The van der Waals surface area contributed by atoms with Gasteiger partial charge in [-0.2, -0.15) is 13.2 Å². The number of carbonyl (C=O) groups is 1. The lowest BCUT2D eigenvalue weighted by Gasteiger charge is -2.13.